The second kappa shape index (κ2) is 7.17. The molecule has 4 nitrogen and oxygen atoms in total. The van der Waals surface area contributed by atoms with E-state index in [2.05, 4.69) is 17.3 Å². The van der Waals surface area contributed by atoms with Gasteiger partial charge >= 0.3 is 0 Å². The Balaban J connectivity index is 2.00. The van der Waals surface area contributed by atoms with Crippen LogP contribution in [0.15, 0.2) is 0 Å². The average molecular weight is 202 g/mol. The molecule has 0 aromatic heterocycles. The van der Waals surface area contributed by atoms with Gasteiger partial charge in [0.05, 0.1) is 19.8 Å². The van der Waals surface area contributed by atoms with Gasteiger partial charge in [0.25, 0.3) is 0 Å². The van der Waals surface area contributed by atoms with Crippen molar-refractivity contribution in [1.82, 2.24) is 10.2 Å². The summed E-state index contributed by atoms with van der Waals surface area (Å²) in [6, 6.07) is 0.536. The standard InChI is InChI=1S/C10H22N2O2/c1-12(6-8-13-2)5-3-10-9-14-7-4-11-10/h10-11H,3-9H2,1-2H3. The van der Waals surface area contributed by atoms with Crippen LogP contribution in [-0.2, 0) is 9.47 Å². The van der Waals surface area contributed by atoms with Crippen molar-refractivity contribution >= 4 is 0 Å². The Labute approximate surface area is 86.6 Å². The molecule has 0 aromatic rings. The van der Waals surface area contributed by atoms with Crippen molar-refractivity contribution in [2.45, 2.75) is 12.5 Å². The van der Waals surface area contributed by atoms with Crippen LogP contribution >= 0.6 is 0 Å². The van der Waals surface area contributed by atoms with Gasteiger partial charge in [-0.3, -0.25) is 0 Å². The minimum Gasteiger partial charge on any atom is -0.383 e. The molecule has 4 heteroatoms. The van der Waals surface area contributed by atoms with Crippen molar-refractivity contribution in [3.63, 3.8) is 0 Å². The molecule has 0 aliphatic carbocycles. The van der Waals surface area contributed by atoms with Crippen LogP contribution in [0.25, 0.3) is 0 Å². The van der Waals surface area contributed by atoms with Gasteiger partial charge < -0.3 is 19.7 Å². The molecule has 0 radical (unpaired) electrons. The van der Waals surface area contributed by atoms with Crippen LogP contribution in [-0.4, -0.2) is 64.6 Å². The molecule has 1 N–H and O–H groups in total. The highest BCUT2D eigenvalue weighted by Crippen LogP contribution is 1.99. The average Bonchev–Trinajstić information content (AvgIpc) is 2.25. The topological polar surface area (TPSA) is 33.7 Å². The Bertz CT molecular complexity index is 138. The molecule has 1 unspecified atom stereocenters. The molecular weight excluding hydrogens is 180 g/mol. The lowest BCUT2D eigenvalue weighted by atomic mass is 10.2. The fraction of sp³-hybridized carbons (Fsp3) is 1.00. The van der Waals surface area contributed by atoms with E-state index < -0.39 is 0 Å². The van der Waals surface area contributed by atoms with Crippen molar-refractivity contribution < 1.29 is 9.47 Å². The molecule has 0 spiro atoms. The first-order valence-corrected chi connectivity index (χ1v) is 5.31. The molecule has 0 saturated carbocycles. The largest absolute Gasteiger partial charge is 0.383 e. The first-order valence-electron chi connectivity index (χ1n) is 5.31. The Kier molecular flexibility index (Phi) is 6.10. The van der Waals surface area contributed by atoms with E-state index in [1.165, 1.54) is 0 Å². The van der Waals surface area contributed by atoms with Crippen molar-refractivity contribution in [1.29, 1.82) is 0 Å². The fourth-order valence-electron chi connectivity index (χ4n) is 1.54. The highest BCUT2D eigenvalue weighted by molar-refractivity contribution is 4.71. The second-order valence-corrected chi connectivity index (χ2v) is 3.81. The van der Waals surface area contributed by atoms with E-state index in [4.69, 9.17) is 9.47 Å². The quantitative estimate of drug-likeness (QED) is 0.654. The third kappa shape index (κ3) is 4.91. The number of ether oxygens (including phenoxy) is 2. The van der Waals surface area contributed by atoms with Gasteiger partial charge in [0, 0.05) is 26.2 Å². The third-order valence-electron chi connectivity index (χ3n) is 2.53. The van der Waals surface area contributed by atoms with Gasteiger partial charge in [-0.1, -0.05) is 0 Å². The van der Waals surface area contributed by atoms with Crippen LogP contribution in [0.5, 0.6) is 0 Å². The van der Waals surface area contributed by atoms with E-state index in [1.807, 2.05) is 0 Å². The number of hydrogen-bond acceptors (Lipinski definition) is 4. The zero-order valence-electron chi connectivity index (χ0n) is 9.29. The van der Waals surface area contributed by atoms with Crippen molar-refractivity contribution in [2.24, 2.45) is 0 Å². The van der Waals surface area contributed by atoms with Crippen LogP contribution in [0.3, 0.4) is 0 Å². The zero-order chi connectivity index (χ0) is 10.2. The van der Waals surface area contributed by atoms with E-state index in [0.717, 1.165) is 45.9 Å². The van der Waals surface area contributed by atoms with Crippen molar-refractivity contribution in [3.8, 4) is 0 Å². The van der Waals surface area contributed by atoms with Gasteiger partial charge in [0.1, 0.15) is 0 Å². The molecule has 1 aliphatic rings. The Morgan fingerprint density at radius 3 is 3.00 bits per heavy atom. The lowest BCUT2D eigenvalue weighted by Crippen LogP contribution is -2.43. The molecule has 1 saturated heterocycles. The monoisotopic (exact) mass is 202 g/mol. The Morgan fingerprint density at radius 1 is 1.50 bits per heavy atom. The Morgan fingerprint density at radius 2 is 2.36 bits per heavy atom. The second-order valence-electron chi connectivity index (χ2n) is 3.81. The predicted molar refractivity (Wildman–Crippen MR) is 56.6 cm³/mol. The van der Waals surface area contributed by atoms with Gasteiger partial charge in [0.15, 0.2) is 0 Å². The molecule has 1 fully saturated rings. The van der Waals surface area contributed by atoms with Gasteiger partial charge in [-0.25, -0.2) is 0 Å². The van der Waals surface area contributed by atoms with E-state index in [9.17, 15) is 0 Å². The first kappa shape index (κ1) is 11.9. The van der Waals surface area contributed by atoms with Crippen molar-refractivity contribution in [3.05, 3.63) is 0 Å². The summed E-state index contributed by atoms with van der Waals surface area (Å²) in [5.74, 6) is 0. The van der Waals surface area contributed by atoms with Crippen LogP contribution in [0.4, 0.5) is 0 Å². The third-order valence-corrected chi connectivity index (χ3v) is 2.53. The molecular formula is C10H22N2O2. The van der Waals surface area contributed by atoms with Gasteiger partial charge in [-0.15, -0.1) is 0 Å². The number of methoxy groups -OCH3 is 1. The molecule has 1 heterocycles. The first-order chi connectivity index (χ1) is 6.83. The van der Waals surface area contributed by atoms with E-state index >= 15 is 0 Å². The van der Waals surface area contributed by atoms with Gasteiger partial charge in [-0.05, 0) is 20.0 Å². The lowest BCUT2D eigenvalue weighted by molar-refractivity contribution is 0.0697. The zero-order valence-corrected chi connectivity index (χ0v) is 9.29. The summed E-state index contributed by atoms with van der Waals surface area (Å²) in [5, 5.41) is 3.45. The number of nitrogens with one attached hydrogen (secondary N) is 1. The number of morpholine rings is 1. The minimum absolute atomic E-state index is 0.536. The van der Waals surface area contributed by atoms with Crippen LogP contribution < -0.4 is 5.32 Å². The normalized spacial score (nSPS) is 22.9. The molecule has 14 heavy (non-hydrogen) atoms. The predicted octanol–water partition coefficient (Wildman–Crippen LogP) is -0.0569. The molecule has 0 amide bonds. The molecule has 1 aliphatic heterocycles. The van der Waals surface area contributed by atoms with Crippen LogP contribution in [0, 0.1) is 0 Å². The smallest absolute Gasteiger partial charge is 0.0620 e. The summed E-state index contributed by atoms with van der Waals surface area (Å²) in [5.41, 5.74) is 0. The number of nitrogens with zero attached hydrogens (tertiary/aromatic N) is 1. The van der Waals surface area contributed by atoms with E-state index in [0.29, 0.717) is 6.04 Å². The van der Waals surface area contributed by atoms with Gasteiger partial charge in [0.2, 0.25) is 0 Å². The lowest BCUT2D eigenvalue weighted by Gasteiger charge is -2.25. The minimum atomic E-state index is 0.536. The molecule has 1 atom stereocenters. The van der Waals surface area contributed by atoms with E-state index in [1.54, 1.807) is 7.11 Å². The highest BCUT2D eigenvalue weighted by atomic mass is 16.5. The van der Waals surface area contributed by atoms with Crippen LogP contribution in [0.1, 0.15) is 6.42 Å². The van der Waals surface area contributed by atoms with Crippen LogP contribution in [0.2, 0.25) is 0 Å². The fourth-order valence-corrected chi connectivity index (χ4v) is 1.54. The Hall–Kier alpha value is -0.160. The number of likely N-dealkylation sites (N-methyl/N-ethyl adjacent to an activating group) is 1. The summed E-state index contributed by atoms with van der Waals surface area (Å²) >= 11 is 0. The molecule has 1 rings (SSSR count). The molecule has 0 aromatic carbocycles. The SMILES string of the molecule is COCCN(C)CCC1COCCN1. The highest BCUT2D eigenvalue weighted by Gasteiger charge is 2.12. The molecule has 84 valence electrons. The maximum absolute atomic E-state index is 5.39. The summed E-state index contributed by atoms with van der Waals surface area (Å²) < 4.78 is 10.4. The van der Waals surface area contributed by atoms with E-state index in [-0.39, 0.29) is 0 Å². The summed E-state index contributed by atoms with van der Waals surface area (Å²) in [4.78, 5) is 2.29. The number of rotatable bonds is 6. The summed E-state index contributed by atoms with van der Waals surface area (Å²) in [6.07, 6.45) is 1.15. The molecule has 0 bridgehead atoms. The van der Waals surface area contributed by atoms with Crippen molar-refractivity contribution in [2.75, 3.05) is 53.6 Å². The number of hydrogen-bond donors (Lipinski definition) is 1. The maximum atomic E-state index is 5.39. The summed E-state index contributed by atoms with van der Waals surface area (Å²) in [7, 11) is 3.87. The van der Waals surface area contributed by atoms with Gasteiger partial charge in [-0.2, -0.15) is 0 Å². The summed E-state index contributed by atoms with van der Waals surface area (Å²) in [6.45, 7) is 5.63. The maximum Gasteiger partial charge on any atom is 0.0620 e.